The van der Waals surface area contributed by atoms with E-state index in [4.69, 9.17) is 23.2 Å². The molecule has 1 aromatic carbocycles. The van der Waals surface area contributed by atoms with Gasteiger partial charge in [-0.2, -0.15) is 0 Å². The van der Waals surface area contributed by atoms with Crippen molar-refractivity contribution >= 4 is 34.2 Å². The summed E-state index contributed by atoms with van der Waals surface area (Å²) in [4.78, 5) is 4.44. The fraction of sp³-hybridized carbons (Fsp3) is 0.462. The lowest BCUT2D eigenvalue weighted by Crippen LogP contribution is -2.01. The lowest BCUT2D eigenvalue weighted by atomic mass is 10.3. The van der Waals surface area contributed by atoms with E-state index in [0.717, 1.165) is 29.7 Å². The SMILES string of the molecule is CCC1CC1n1c(CCl)nc2cc(Cl)c(F)cc21. The third-order valence-corrected chi connectivity index (χ3v) is 4.19. The van der Waals surface area contributed by atoms with Crippen molar-refractivity contribution < 1.29 is 4.39 Å². The van der Waals surface area contributed by atoms with Gasteiger partial charge in [0.05, 0.1) is 21.9 Å². The van der Waals surface area contributed by atoms with Crippen LogP contribution in [-0.2, 0) is 5.88 Å². The summed E-state index contributed by atoms with van der Waals surface area (Å²) in [7, 11) is 0. The van der Waals surface area contributed by atoms with E-state index >= 15 is 0 Å². The second-order valence-corrected chi connectivity index (χ2v) is 5.43. The third kappa shape index (κ3) is 1.81. The minimum atomic E-state index is -0.403. The van der Waals surface area contributed by atoms with Crippen LogP contribution < -0.4 is 0 Å². The number of benzene rings is 1. The molecule has 0 radical (unpaired) electrons. The first-order valence-corrected chi connectivity index (χ1v) is 6.98. The van der Waals surface area contributed by atoms with Crippen molar-refractivity contribution in [2.75, 3.05) is 0 Å². The zero-order valence-electron chi connectivity index (χ0n) is 9.96. The Hall–Kier alpha value is -0.800. The molecule has 0 bridgehead atoms. The van der Waals surface area contributed by atoms with Gasteiger partial charge in [0.2, 0.25) is 0 Å². The minimum absolute atomic E-state index is 0.108. The molecule has 2 unspecified atom stereocenters. The summed E-state index contributed by atoms with van der Waals surface area (Å²) in [6, 6.07) is 3.45. The highest BCUT2D eigenvalue weighted by Gasteiger charge is 2.39. The summed E-state index contributed by atoms with van der Waals surface area (Å²) in [6.07, 6.45) is 2.25. The van der Waals surface area contributed by atoms with Gasteiger partial charge in [-0.1, -0.05) is 24.9 Å². The summed E-state index contributed by atoms with van der Waals surface area (Å²) >= 11 is 11.7. The van der Waals surface area contributed by atoms with E-state index < -0.39 is 5.82 Å². The topological polar surface area (TPSA) is 17.8 Å². The maximum Gasteiger partial charge on any atom is 0.144 e. The largest absolute Gasteiger partial charge is 0.323 e. The average Bonchev–Trinajstić information content (AvgIpc) is 3.05. The fourth-order valence-electron chi connectivity index (χ4n) is 2.59. The molecule has 3 rings (SSSR count). The van der Waals surface area contributed by atoms with E-state index in [9.17, 15) is 4.39 Å². The highest BCUT2D eigenvalue weighted by Crippen LogP contribution is 2.48. The molecule has 96 valence electrons. The van der Waals surface area contributed by atoms with Crippen LogP contribution in [0.5, 0.6) is 0 Å². The van der Waals surface area contributed by atoms with Gasteiger partial charge in [-0.15, -0.1) is 11.6 Å². The van der Waals surface area contributed by atoms with Crippen LogP contribution in [-0.4, -0.2) is 9.55 Å². The van der Waals surface area contributed by atoms with Crippen LogP contribution >= 0.6 is 23.2 Å². The van der Waals surface area contributed by atoms with Gasteiger partial charge < -0.3 is 4.57 Å². The van der Waals surface area contributed by atoms with Crippen molar-refractivity contribution in [3.8, 4) is 0 Å². The van der Waals surface area contributed by atoms with E-state index in [2.05, 4.69) is 16.5 Å². The van der Waals surface area contributed by atoms with Crippen LogP contribution in [0, 0.1) is 11.7 Å². The number of nitrogens with zero attached hydrogens (tertiary/aromatic N) is 2. The lowest BCUT2D eigenvalue weighted by molar-refractivity contribution is 0.621. The van der Waals surface area contributed by atoms with Gasteiger partial charge >= 0.3 is 0 Å². The summed E-state index contributed by atoms with van der Waals surface area (Å²) < 4.78 is 15.7. The van der Waals surface area contributed by atoms with Gasteiger partial charge in [0.1, 0.15) is 11.6 Å². The predicted octanol–water partition coefficient (Wildman–Crippen LogP) is 4.54. The zero-order valence-corrected chi connectivity index (χ0v) is 11.5. The molecule has 1 aliphatic carbocycles. The Balaban J connectivity index is 2.18. The van der Waals surface area contributed by atoms with Crippen LogP contribution in [0.2, 0.25) is 5.02 Å². The number of imidazole rings is 1. The second-order valence-electron chi connectivity index (χ2n) is 4.76. The molecule has 0 aliphatic heterocycles. The first-order valence-electron chi connectivity index (χ1n) is 6.07. The van der Waals surface area contributed by atoms with Gasteiger partial charge in [-0.25, -0.2) is 9.37 Å². The molecule has 1 aliphatic rings. The molecule has 0 N–H and O–H groups in total. The van der Waals surface area contributed by atoms with Crippen molar-refractivity contribution in [1.82, 2.24) is 9.55 Å². The number of halogens is 3. The third-order valence-electron chi connectivity index (χ3n) is 3.67. The smallest absolute Gasteiger partial charge is 0.144 e. The quantitative estimate of drug-likeness (QED) is 0.758. The van der Waals surface area contributed by atoms with Crippen LogP contribution in [0.15, 0.2) is 12.1 Å². The van der Waals surface area contributed by atoms with Crippen molar-refractivity contribution in [2.24, 2.45) is 5.92 Å². The Labute approximate surface area is 115 Å². The molecule has 0 saturated heterocycles. The molecule has 1 heterocycles. The Morgan fingerprint density at radius 2 is 2.28 bits per heavy atom. The van der Waals surface area contributed by atoms with Crippen molar-refractivity contribution in [3.63, 3.8) is 0 Å². The molecule has 2 nitrogen and oxygen atoms in total. The fourth-order valence-corrected chi connectivity index (χ4v) is 2.94. The number of hydrogen-bond acceptors (Lipinski definition) is 1. The monoisotopic (exact) mass is 286 g/mol. The predicted molar refractivity (Wildman–Crippen MR) is 71.7 cm³/mol. The first-order chi connectivity index (χ1) is 8.65. The maximum atomic E-state index is 13.6. The lowest BCUT2D eigenvalue weighted by Gasteiger charge is -2.07. The molecule has 5 heteroatoms. The molecule has 0 amide bonds. The van der Waals surface area contributed by atoms with Crippen molar-refractivity contribution in [1.29, 1.82) is 0 Å². The van der Waals surface area contributed by atoms with Crippen LogP contribution in [0.1, 0.15) is 31.6 Å². The maximum absolute atomic E-state index is 13.6. The molecular formula is C13H13Cl2FN2. The average molecular weight is 287 g/mol. The number of rotatable bonds is 3. The second kappa shape index (κ2) is 4.39. The molecule has 1 saturated carbocycles. The van der Waals surface area contributed by atoms with E-state index in [1.54, 1.807) is 6.07 Å². The zero-order chi connectivity index (χ0) is 12.9. The van der Waals surface area contributed by atoms with E-state index in [0.29, 0.717) is 17.8 Å². The van der Waals surface area contributed by atoms with Crippen LogP contribution in [0.3, 0.4) is 0 Å². The normalized spacial score (nSPS) is 22.7. The molecule has 2 atom stereocenters. The summed E-state index contributed by atoms with van der Waals surface area (Å²) in [5.74, 6) is 1.39. The molecule has 2 aromatic rings. The summed E-state index contributed by atoms with van der Waals surface area (Å²) in [5.41, 5.74) is 1.52. The van der Waals surface area contributed by atoms with E-state index in [-0.39, 0.29) is 5.02 Å². The minimum Gasteiger partial charge on any atom is -0.323 e. The highest BCUT2D eigenvalue weighted by atomic mass is 35.5. The van der Waals surface area contributed by atoms with Gasteiger partial charge in [-0.05, 0) is 18.4 Å². The van der Waals surface area contributed by atoms with Crippen LogP contribution in [0.25, 0.3) is 11.0 Å². The molecule has 0 spiro atoms. The molecule has 18 heavy (non-hydrogen) atoms. The number of aromatic nitrogens is 2. The van der Waals surface area contributed by atoms with Crippen molar-refractivity contribution in [3.05, 3.63) is 28.8 Å². The Bertz CT molecular complexity index is 609. The molecule has 1 aromatic heterocycles. The van der Waals surface area contributed by atoms with Gasteiger partial charge in [0.25, 0.3) is 0 Å². The molecular weight excluding hydrogens is 274 g/mol. The number of fused-ring (bicyclic) bond motifs is 1. The number of hydrogen-bond donors (Lipinski definition) is 0. The van der Waals surface area contributed by atoms with Crippen LogP contribution in [0.4, 0.5) is 4.39 Å². The Kier molecular flexibility index (Phi) is 2.99. The van der Waals surface area contributed by atoms with Gasteiger partial charge in [-0.3, -0.25) is 0 Å². The van der Waals surface area contributed by atoms with Gasteiger partial charge in [0.15, 0.2) is 0 Å². The van der Waals surface area contributed by atoms with Crippen molar-refractivity contribution in [2.45, 2.75) is 31.7 Å². The Morgan fingerprint density at radius 3 is 2.89 bits per heavy atom. The van der Waals surface area contributed by atoms with E-state index in [1.807, 2.05) is 0 Å². The van der Waals surface area contributed by atoms with E-state index in [1.165, 1.54) is 6.07 Å². The van der Waals surface area contributed by atoms with Gasteiger partial charge in [0, 0.05) is 12.1 Å². The Morgan fingerprint density at radius 1 is 1.50 bits per heavy atom. The summed E-state index contributed by atoms with van der Waals surface area (Å²) in [5, 5.41) is 0.108. The first kappa shape index (κ1) is 12.2. The highest BCUT2D eigenvalue weighted by molar-refractivity contribution is 6.31. The molecule has 1 fully saturated rings. The summed E-state index contributed by atoms with van der Waals surface area (Å²) in [6.45, 7) is 2.17. The number of alkyl halides is 1. The standard InChI is InChI=1S/C13H13Cl2FN2/c1-2-7-3-11(7)18-12-5-9(16)8(15)4-10(12)17-13(18)6-14/h4-5,7,11H,2-3,6H2,1H3.